The summed E-state index contributed by atoms with van der Waals surface area (Å²) < 4.78 is 1.69. The molecule has 0 amide bonds. The summed E-state index contributed by atoms with van der Waals surface area (Å²) in [7, 11) is 0. The van der Waals surface area contributed by atoms with E-state index in [0.29, 0.717) is 0 Å². The molecule has 1 saturated carbocycles. The molecule has 5 nitrogen and oxygen atoms in total. The molecule has 18 heavy (non-hydrogen) atoms. The van der Waals surface area contributed by atoms with Gasteiger partial charge in [0.1, 0.15) is 5.69 Å². The molecular formula is C13H15N3O2. The average Bonchev–Trinajstić information content (AvgIpc) is 3.10. The molecule has 1 aliphatic carbocycles. The summed E-state index contributed by atoms with van der Waals surface area (Å²) in [6.45, 7) is 0. The highest BCUT2D eigenvalue weighted by molar-refractivity contribution is 5.87. The molecule has 2 heterocycles. The summed E-state index contributed by atoms with van der Waals surface area (Å²) in [5.74, 6) is -0.906. The summed E-state index contributed by atoms with van der Waals surface area (Å²) in [6.07, 6.45) is 7.99. The summed E-state index contributed by atoms with van der Waals surface area (Å²) >= 11 is 0. The molecule has 0 spiro atoms. The number of aromatic carboxylic acids is 1. The molecule has 3 rings (SSSR count). The Morgan fingerprint density at radius 1 is 1.44 bits per heavy atom. The second kappa shape index (κ2) is 4.33. The van der Waals surface area contributed by atoms with Crippen LogP contribution in [0.5, 0.6) is 0 Å². The number of rotatable bonds is 3. The fraction of sp³-hybridized carbons (Fsp3) is 0.385. The van der Waals surface area contributed by atoms with E-state index in [2.05, 4.69) is 10.1 Å². The van der Waals surface area contributed by atoms with E-state index in [9.17, 15) is 9.90 Å². The third-order valence-corrected chi connectivity index (χ3v) is 3.52. The van der Waals surface area contributed by atoms with Crippen LogP contribution in [0.25, 0.3) is 11.3 Å². The first-order valence-electron chi connectivity index (χ1n) is 6.22. The van der Waals surface area contributed by atoms with Gasteiger partial charge in [-0.15, -0.1) is 0 Å². The molecule has 0 aliphatic heterocycles. The van der Waals surface area contributed by atoms with Gasteiger partial charge in [-0.05, 0) is 25.0 Å². The predicted molar refractivity (Wildman–Crippen MR) is 66.5 cm³/mol. The van der Waals surface area contributed by atoms with Gasteiger partial charge in [0.25, 0.3) is 0 Å². The van der Waals surface area contributed by atoms with E-state index in [1.807, 2.05) is 18.5 Å². The minimum absolute atomic E-state index is 0.240. The Morgan fingerprint density at radius 3 is 2.83 bits per heavy atom. The Balaban J connectivity index is 2.03. The molecule has 0 aromatic carbocycles. The van der Waals surface area contributed by atoms with Gasteiger partial charge in [-0.25, -0.2) is 4.79 Å². The second-order valence-corrected chi connectivity index (χ2v) is 4.70. The van der Waals surface area contributed by atoms with Crippen LogP contribution in [0.2, 0.25) is 0 Å². The number of carboxylic acid groups (broad SMARTS) is 1. The lowest BCUT2D eigenvalue weighted by molar-refractivity contribution is 0.0680. The Labute approximate surface area is 104 Å². The van der Waals surface area contributed by atoms with Crippen molar-refractivity contribution in [3.63, 3.8) is 0 Å². The van der Waals surface area contributed by atoms with E-state index in [4.69, 9.17) is 0 Å². The number of hydrogen-bond donors (Lipinski definition) is 2. The van der Waals surface area contributed by atoms with Gasteiger partial charge < -0.3 is 10.1 Å². The lowest BCUT2D eigenvalue weighted by Crippen LogP contribution is -2.14. The molecule has 0 atom stereocenters. The quantitative estimate of drug-likeness (QED) is 0.873. The number of H-pyrrole nitrogens is 1. The van der Waals surface area contributed by atoms with Gasteiger partial charge in [0.15, 0.2) is 0 Å². The van der Waals surface area contributed by atoms with Crippen molar-refractivity contribution in [2.24, 2.45) is 0 Å². The molecule has 2 aromatic heterocycles. The van der Waals surface area contributed by atoms with Gasteiger partial charge in [0, 0.05) is 18.0 Å². The first-order valence-corrected chi connectivity index (χ1v) is 6.22. The maximum Gasteiger partial charge on any atom is 0.354 e. The van der Waals surface area contributed by atoms with E-state index in [0.717, 1.165) is 36.9 Å². The van der Waals surface area contributed by atoms with Crippen molar-refractivity contribution in [1.82, 2.24) is 14.8 Å². The number of carbonyl (C=O) groups is 1. The monoisotopic (exact) mass is 245 g/mol. The molecule has 1 aliphatic rings. The largest absolute Gasteiger partial charge is 0.477 e. The SMILES string of the molecule is O=C(O)c1cc(-c2cc[nH]c2)nn1C1CCCC1. The highest BCUT2D eigenvalue weighted by Gasteiger charge is 2.24. The average molecular weight is 245 g/mol. The lowest BCUT2D eigenvalue weighted by atomic mass is 10.2. The molecular weight excluding hydrogens is 230 g/mol. The third kappa shape index (κ3) is 1.81. The third-order valence-electron chi connectivity index (χ3n) is 3.52. The van der Waals surface area contributed by atoms with Crippen molar-refractivity contribution in [2.45, 2.75) is 31.7 Å². The van der Waals surface area contributed by atoms with Crippen LogP contribution in [0.1, 0.15) is 42.2 Å². The zero-order valence-corrected chi connectivity index (χ0v) is 9.97. The zero-order chi connectivity index (χ0) is 12.5. The molecule has 94 valence electrons. The van der Waals surface area contributed by atoms with Crippen molar-refractivity contribution in [2.75, 3.05) is 0 Å². The lowest BCUT2D eigenvalue weighted by Gasteiger charge is -2.11. The van der Waals surface area contributed by atoms with Gasteiger partial charge in [-0.2, -0.15) is 5.10 Å². The number of carboxylic acids is 1. The van der Waals surface area contributed by atoms with E-state index < -0.39 is 5.97 Å². The number of aromatic amines is 1. The Hall–Kier alpha value is -2.04. The van der Waals surface area contributed by atoms with Crippen LogP contribution in [-0.2, 0) is 0 Å². The van der Waals surface area contributed by atoms with Crippen molar-refractivity contribution in [1.29, 1.82) is 0 Å². The molecule has 0 unspecified atom stereocenters. The van der Waals surface area contributed by atoms with Crippen LogP contribution in [-0.4, -0.2) is 25.8 Å². The zero-order valence-electron chi connectivity index (χ0n) is 9.97. The highest BCUT2D eigenvalue weighted by atomic mass is 16.4. The fourth-order valence-electron chi connectivity index (χ4n) is 2.61. The fourth-order valence-corrected chi connectivity index (χ4v) is 2.61. The molecule has 1 fully saturated rings. The Kier molecular flexibility index (Phi) is 2.66. The van der Waals surface area contributed by atoms with Crippen LogP contribution in [0.15, 0.2) is 24.5 Å². The number of hydrogen-bond acceptors (Lipinski definition) is 2. The predicted octanol–water partition coefficient (Wildman–Crippen LogP) is 2.69. The van der Waals surface area contributed by atoms with Crippen molar-refractivity contribution in [3.8, 4) is 11.3 Å². The van der Waals surface area contributed by atoms with Crippen molar-refractivity contribution in [3.05, 3.63) is 30.2 Å². The van der Waals surface area contributed by atoms with Crippen LogP contribution in [0.4, 0.5) is 0 Å². The maximum absolute atomic E-state index is 11.3. The Morgan fingerprint density at radius 2 is 2.22 bits per heavy atom. The summed E-state index contributed by atoms with van der Waals surface area (Å²) in [4.78, 5) is 14.3. The number of nitrogens with zero attached hydrogens (tertiary/aromatic N) is 2. The van der Waals surface area contributed by atoms with Crippen LogP contribution < -0.4 is 0 Å². The molecule has 0 radical (unpaired) electrons. The van der Waals surface area contributed by atoms with E-state index in [1.165, 1.54) is 0 Å². The first-order chi connectivity index (χ1) is 8.75. The molecule has 0 bridgehead atoms. The van der Waals surface area contributed by atoms with E-state index >= 15 is 0 Å². The van der Waals surface area contributed by atoms with Crippen LogP contribution in [0.3, 0.4) is 0 Å². The highest BCUT2D eigenvalue weighted by Crippen LogP contribution is 2.31. The topological polar surface area (TPSA) is 70.9 Å². The van der Waals surface area contributed by atoms with Gasteiger partial charge in [0.2, 0.25) is 0 Å². The molecule has 5 heteroatoms. The smallest absolute Gasteiger partial charge is 0.354 e. The maximum atomic E-state index is 11.3. The molecule has 0 saturated heterocycles. The van der Waals surface area contributed by atoms with Gasteiger partial charge in [-0.1, -0.05) is 12.8 Å². The normalized spacial score (nSPS) is 16.2. The standard InChI is InChI=1S/C13H15N3O2/c17-13(18)12-7-11(9-5-6-14-8-9)15-16(12)10-3-1-2-4-10/h5-8,10,14H,1-4H2,(H,17,18). The number of aromatic nitrogens is 3. The van der Waals surface area contributed by atoms with E-state index in [1.54, 1.807) is 10.7 Å². The van der Waals surface area contributed by atoms with Gasteiger partial charge >= 0.3 is 5.97 Å². The molecule has 2 N–H and O–H groups in total. The Bertz CT molecular complexity index is 551. The second-order valence-electron chi connectivity index (χ2n) is 4.70. The minimum atomic E-state index is -0.906. The van der Waals surface area contributed by atoms with Gasteiger partial charge in [-0.3, -0.25) is 4.68 Å². The first kappa shape index (κ1) is 11.1. The summed E-state index contributed by atoms with van der Waals surface area (Å²) in [6, 6.07) is 3.79. The number of nitrogens with one attached hydrogen (secondary N) is 1. The van der Waals surface area contributed by atoms with Crippen LogP contribution >= 0.6 is 0 Å². The minimum Gasteiger partial charge on any atom is -0.477 e. The summed E-state index contributed by atoms with van der Waals surface area (Å²) in [5, 5.41) is 13.7. The summed E-state index contributed by atoms with van der Waals surface area (Å²) in [5.41, 5.74) is 1.94. The van der Waals surface area contributed by atoms with Gasteiger partial charge in [0.05, 0.1) is 11.7 Å². The molecule has 2 aromatic rings. The van der Waals surface area contributed by atoms with Crippen LogP contribution in [0, 0.1) is 0 Å². The van der Waals surface area contributed by atoms with Crippen molar-refractivity contribution >= 4 is 5.97 Å². The van der Waals surface area contributed by atoms with Crippen molar-refractivity contribution < 1.29 is 9.90 Å². The van der Waals surface area contributed by atoms with E-state index in [-0.39, 0.29) is 11.7 Å².